The molecule has 1 aliphatic rings. The molecule has 28 heavy (non-hydrogen) atoms. The Hall–Kier alpha value is -2.09. The minimum Gasteiger partial charge on any atom is -0.494 e. The Bertz CT molecular complexity index is 843. The van der Waals surface area contributed by atoms with Crippen molar-refractivity contribution in [1.82, 2.24) is 10.2 Å². The summed E-state index contributed by atoms with van der Waals surface area (Å²) in [6.07, 6.45) is 1.52. The van der Waals surface area contributed by atoms with E-state index in [0.29, 0.717) is 30.8 Å². The van der Waals surface area contributed by atoms with Gasteiger partial charge >= 0.3 is 0 Å². The van der Waals surface area contributed by atoms with Crippen molar-refractivity contribution in [2.75, 3.05) is 19.7 Å². The number of halogens is 1. The second-order valence-corrected chi connectivity index (χ2v) is 8.01. The summed E-state index contributed by atoms with van der Waals surface area (Å²) in [5.41, 5.74) is 2.48. The molecule has 0 spiro atoms. The molecule has 2 aromatic rings. The second kappa shape index (κ2) is 9.41. The van der Waals surface area contributed by atoms with Crippen LogP contribution in [0.4, 0.5) is 0 Å². The third-order valence-corrected chi connectivity index (χ3v) is 6.40. The average molecular weight is 492 g/mol. The number of likely N-dealkylation sites (tertiary alicyclic amines) is 1. The molecule has 0 saturated carbocycles. The molecular weight excluding hydrogens is 467 g/mol. The summed E-state index contributed by atoms with van der Waals surface area (Å²) in [4.78, 5) is 27.2. The van der Waals surface area contributed by atoms with Crippen LogP contribution in [-0.4, -0.2) is 42.5 Å². The van der Waals surface area contributed by atoms with E-state index in [-0.39, 0.29) is 17.9 Å². The van der Waals surface area contributed by atoms with Gasteiger partial charge in [-0.1, -0.05) is 12.1 Å². The van der Waals surface area contributed by atoms with E-state index in [1.54, 1.807) is 12.1 Å². The number of aryl methyl sites for hydroxylation is 1. The lowest BCUT2D eigenvalue weighted by Gasteiger charge is -2.32. The normalized spacial score (nSPS) is 14.6. The number of benzene rings is 2. The van der Waals surface area contributed by atoms with Crippen molar-refractivity contribution >= 4 is 34.4 Å². The Morgan fingerprint density at radius 2 is 1.82 bits per heavy atom. The Morgan fingerprint density at radius 1 is 1.14 bits per heavy atom. The van der Waals surface area contributed by atoms with Gasteiger partial charge in [-0.25, -0.2) is 0 Å². The summed E-state index contributed by atoms with van der Waals surface area (Å²) in [5.74, 6) is 0.761. The first-order valence-corrected chi connectivity index (χ1v) is 10.7. The summed E-state index contributed by atoms with van der Waals surface area (Å²) in [6, 6.07) is 13.1. The lowest BCUT2D eigenvalue weighted by molar-refractivity contribution is 0.0698. The lowest BCUT2D eigenvalue weighted by Crippen LogP contribution is -2.46. The van der Waals surface area contributed by atoms with Gasteiger partial charge in [-0.3, -0.25) is 9.59 Å². The van der Waals surface area contributed by atoms with E-state index in [1.807, 2.05) is 49.1 Å². The van der Waals surface area contributed by atoms with Crippen LogP contribution in [-0.2, 0) is 0 Å². The minimum absolute atomic E-state index is 0.0288. The zero-order valence-corrected chi connectivity index (χ0v) is 18.4. The number of hydrogen-bond acceptors (Lipinski definition) is 3. The summed E-state index contributed by atoms with van der Waals surface area (Å²) in [7, 11) is 0. The molecular formula is C22H25IN2O3. The highest BCUT2D eigenvalue weighted by atomic mass is 127. The van der Waals surface area contributed by atoms with Crippen LogP contribution in [0.15, 0.2) is 42.5 Å². The van der Waals surface area contributed by atoms with Gasteiger partial charge in [0.25, 0.3) is 11.8 Å². The number of ether oxygens (including phenoxy) is 1. The highest BCUT2D eigenvalue weighted by Gasteiger charge is 2.25. The van der Waals surface area contributed by atoms with Crippen LogP contribution in [0.25, 0.3) is 0 Å². The summed E-state index contributed by atoms with van der Waals surface area (Å²) >= 11 is 2.22. The molecule has 0 aliphatic carbocycles. The fraction of sp³-hybridized carbons (Fsp3) is 0.364. The molecule has 0 radical (unpaired) electrons. The monoisotopic (exact) mass is 492 g/mol. The zero-order chi connectivity index (χ0) is 20.1. The van der Waals surface area contributed by atoms with Gasteiger partial charge in [-0.15, -0.1) is 0 Å². The lowest BCUT2D eigenvalue weighted by atomic mass is 10.0. The number of carbonyl (C=O) groups is 2. The van der Waals surface area contributed by atoms with E-state index in [9.17, 15) is 9.59 Å². The maximum absolute atomic E-state index is 12.7. The van der Waals surface area contributed by atoms with Crippen molar-refractivity contribution in [2.45, 2.75) is 32.7 Å². The second-order valence-electron chi connectivity index (χ2n) is 6.93. The van der Waals surface area contributed by atoms with Crippen LogP contribution in [0.5, 0.6) is 5.75 Å². The molecule has 0 bridgehead atoms. The van der Waals surface area contributed by atoms with E-state index in [1.165, 1.54) is 0 Å². The van der Waals surface area contributed by atoms with Gasteiger partial charge in [0, 0.05) is 28.3 Å². The maximum Gasteiger partial charge on any atom is 0.253 e. The van der Waals surface area contributed by atoms with Crippen molar-refractivity contribution in [2.24, 2.45) is 0 Å². The Morgan fingerprint density at radius 3 is 2.46 bits per heavy atom. The standard InChI is InChI=1S/C22H25IN2O3/c1-3-28-18-9-7-16(8-10-18)22(27)25-13-11-17(12-14-25)24-21(26)19-6-4-5-15(2)20(19)23/h4-10,17H,3,11-14H2,1-2H3,(H,24,26). The van der Waals surface area contributed by atoms with Crippen LogP contribution < -0.4 is 10.1 Å². The maximum atomic E-state index is 12.7. The minimum atomic E-state index is -0.0376. The summed E-state index contributed by atoms with van der Waals surface area (Å²) in [5, 5.41) is 3.13. The van der Waals surface area contributed by atoms with Gasteiger partial charge in [-0.2, -0.15) is 0 Å². The summed E-state index contributed by atoms with van der Waals surface area (Å²) in [6.45, 7) is 5.82. The van der Waals surface area contributed by atoms with Gasteiger partial charge < -0.3 is 15.0 Å². The first-order chi connectivity index (χ1) is 13.5. The van der Waals surface area contributed by atoms with Gasteiger partial charge in [0.15, 0.2) is 0 Å². The molecule has 1 N–H and O–H groups in total. The number of amides is 2. The van der Waals surface area contributed by atoms with Gasteiger partial charge in [-0.05, 0) is 85.2 Å². The topological polar surface area (TPSA) is 58.6 Å². The summed E-state index contributed by atoms with van der Waals surface area (Å²) < 4.78 is 6.41. The van der Waals surface area contributed by atoms with Gasteiger partial charge in [0.05, 0.1) is 12.2 Å². The van der Waals surface area contributed by atoms with Crippen LogP contribution in [0.1, 0.15) is 46.0 Å². The molecule has 2 aromatic carbocycles. The van der Waals surface area contributed by atoms with E-state index in [2.05, 4.69) is 27.9 Å². The van der Waals surface area contributed by atoms with E-state index >= 15 is 0 Å². The van der Waals surface area contributed by atoms with Crippen LogP contribution in [0.2, 0.25) is 0 Å². The molecule has 1 heterocycles. The zero-order valence-electron chi connectivity index (χ0n) is 16.2. The fourth-order valence-electron chi connectivity index (χ4n) is 3.36. The van der Waals surface area contributed by atoms with Crippen LogP contribution in [0, 0.1) is 10.5 Å². The average Bonchev–Trinajstić information content (AvgIpc) is 2.71. The molecule has 5 nitrogen and oxygen atoms in total. The predicted molar refractivity (Wildman–Crippen MR) is 118 cm³/mol. The molecule has 1 saturated heterocycles. The molecule has 0 atom stereocenters. The SMILES string of the molecule is CCOc1ccc(C(=O)N2CCC(NC(=O)c3cccc(C)c3I)CC2)cc1. The number of piperidine rings is 1. The van der Waals surface area contributed by atoms with Crippen molar-refractivity contribution < 1.29 is 14.3 Å². The van der Waals surface area contributed by atoms with Gasteiger partial charge in [0.1, 0.15) is 5.75 Å². The first kappa shape index (κ1) is 20.6. The predicted octanol–water partition coefficient (Wildman–Crippen LogP) is 4.03. The Balaban J connectivity index is 1.54. The quantitative estimate of drug-likeness (QED) is 0.642. The Kier molecular flexibility index (Phi) is 6.93. The molecule has 3 rings (SSSR count). The molecule has 1 aliphatic heterocycles. The van der Waals surface area contributed by atoms with Crippen LogP contribution in [0.3, 0.4) is 0 Å². The highest BCUT2D eigenvalue weighted by molar-refractivity contribution is 14.1. The van der Waals surface area contributed by atoms with Crippen molar-refractivity contribution in [3.05, 3.63) is 62.7 Å². The third-order valence-electron chi connectivity index (χ3n) is 4.97. The number of hydrogen-bond donors (Lipinski definition) is 1. The van der Waals surface area contributed by atoms with Crippen molar-refractivity contribution in [1.29, 1.82) is 0 Å². The third kappa shape index (κ3) is 4.84. The highest BCUT2D eigenvalue weighted by Crippen LogP contribution is 2.19. The molecule has 2 amide bonds. The van der Waals surface area contributed by atoms with E-state index < -0.39 is 0 Å². The fourth-order valence-corrected chi connectivity index (χ4v) is 3.96. The first-order valence-electron chi connectivity index (χ1n) is 9.57. The molecule has 0 unspecified atom stereocenters. The van der Waals surface area contributed by atoms with Crippen molar-refractivity contribution in [3.8, 4) is 5.75 Å². The number of nitrogens with zero attached hydrogens (tertiary/aromatic N) is 1. The molecule has 0 aromatic heterocycles. The Labute approximate surface area is 179 Å². The van der Waals surface area contributed by atoms with E-state index in [0.717, 1.165) is 27.7 Å². The number of rotatable bonds is 5. The van der Waals surface area contributed by atoms with Crippen molar-refractivity contribution in [3.63, 3.8) is 0 Å². The molecule has 1 fully saturated rings. The smallest absolute Gasteiger partial charge is 0.253 e. The molecule has 148 valence electrons. The number of carbonyl (C=O) groups excluding carboxylic acids is 2. The van der Waals surface area contributed by atoms with Crippen LogP contribution >= 0.6 is 22.6 Å². The van der Waals surface area contributed by atoms with E-state index in [4.69, 9.17) is 4.74 Å². The molecule has 6 heteroatoms. The largest absolute Gasteiger partial charge is 0.494 e. The number of nitrogens with one attached hydrogen (secondary N) is 1. The van der Waals surface area contributed by atoms with Gasteiger partial charge in [0.2, 0.25) is 0 Å².